The van der Waals surface area contributed by atoms with Crippen LogP contribution in [0, 0.1) is 31.1 Å². The molecule has 0 saturated carbocycles. The Morgan fingerprint density at radius 3 is 1.64 bits per heavy atom. The van der Waals surface area contributed by atoms with E-state index in [-0.39, 0.29) is 26.6 Å². The largest absolute Gasteiger partial charge is 2.00 e. The summed E-state index contributed by atoms with van der Waals surface area (Å²) in [5.41, 5.74) is 2.38. The Balaban J connectivity index is 0.000000848. The molecule has 0 aliphatic rings. The quantitative estimate of drug-likeness (QED) is 0.325. The molecule has 3 heteroatoms. The first-order chi connectivity index (χ1) is 11.5. The van der Waals surface area contributed by atoms with E-state index in [1.807, 2.05) is 66.7 Å². The van der Waals surface area contributed by atoms with Crippen molar-refractivity contribution in [2.45, 2.75) is 20.3 Å². The van der Waals surface area contributed by atoms with E-state index < -0.39 is 5.78 Å². The molecule has 0 fully saturated rings. The molecule has 2 nitrogen and oxygen atoms in total. The van der Waals surface area contributed by atoms with E-state index in [4.69, 9.17) is 0 Å². The topological polar surface area (TPSA) is 40.9 Å². The van der Waals surface area contributed by atoms with Gasteiger partial charge in [-0.05, 0) is 16.7 Å². The van der Waals surface area contributed by atoms with E-state index in [1.54, 1.807) is 0 Å². The molecule has 2 aromatic carbocycles. The predicted molar refractivity (Wildman–Crippen MR) is 99.7 cm³/mol. The number of nitriles is 1. The Morgan fingerprint density at radius 1 is 1.04 bits per heavy atom. The summed E-state index contributed by atoms with van der Waals surface area (Å²) in [5.74, 6) is 0.167. The average Bonchev–Trinajstić information content (AvgIpc) is 2.61. The third-order valence-corrected chi connectivity index (χ3v) is 3.46. The van der Waals surface area contributed by atoms with Crippen molar-refractivity contribution in [1.82, 2.24) is 0 Å². The summed E-state index contributed by atoms with van der Waals surface area (Å²) < 4.78 is 0. The number of Topliss-reactive ketones (excluding diaryl/α,β-unsaturated/α-hetero) is 1. The summed E-state index contributed by atoms with van der Waals surface area (Å²) in [7, 11) is 0. The van der Waals surface area contributed by atoms with Crippen molar-refractivity contribution < 1.29 is 25.9 Å². The molecule has 25 heavy (non-hydrogen) atoms. The number of carbonyl (C=O) groups excluding carboxylic acids is 1. The number of allylic oxidation sites excluding steroid dienone is 1. The first-order valence-electron chi connectivity index (χ1n) is 7.95. The Hall–Kier alpha value is -2.10. The average molecular weight is 501 g/mol. The van der Waals surface area contributed by atoms with Crippen molar-refractivity contribution >= 4 is 11.4 Å². The molecule has 1 unspecified atom stereocenters. The van der Waals surface area contributed by atoms with Gasteiger partial charge in [0.1, 0.15) is 0 Å². The number of benzene rings is 2. The second kappa shape index (κ2) is 12.3. The van der Waals surface area contributed by atoms with Crippen molar-refractivity contribution in [2.24, 2.45) is 5.92 Å². The normalized spacial score (nSPS) is 10.2. The zero-order chi connectivity index (χ0) is 17.9. The van der Waals surface area contributed by atoms with Gasteiger partial charge in [0, 0.05) is 11.9 Å². The SMILES string of the molecule is [CH2-]C(=O)C(C#N)=C(c1ccccc1)c1ccccc1.[CH2-]C(C)CC.[W+2]. The fourth-order valence-corrected chi connectivity index (χ4v) is 1.92. The molecule has 2 rings (SSSR count). The van der Waals surface area contributed by atoms with Gasteiger partial charge in [0.15, 0.2) is 0 Å². The van der Waals surface area contributed by atoms with Crippen molar-refractivity contribution in [3.8, 4) is 6.07 Å². The maximum atomic E-state index is 11.6. The fraction of sp³-hybridized carbons (Fsp3) is 0.182. The molecule has 0 aromatic heterocycles. The second-order valence-corrected chi connectivity index (χ2v) is 5.53. The van der Waals surface area contributed by atoms with Crippen LogP contribution < -0.4 is 0 Å². The van der Waals surface area contributed by atoms with Gasteiger partial charge in [-0.2, -0.15) is 12.8 Å². The van der Waals surface area contributed by atoms with Gasteiger partial charge in [-0.25, -0.2) is 5.26 Å². The summed E-state index contributed by atoms with van der Waals surface area (Å²) in [6, 6.07) is 20.8. The van der Waals surface area contributed by atoms with Crippen LogP contribution in [-0.2, 0) is 25.9 Å². The first-order valence-corrected chi connectivity index (χ1v) is 7.95. The van der Waals surface area contributed by atoms with Gasteiger partial charge in [0.05, 0.1) is 0 Å². The van der Waals surface area contributed by atoms with E-state index in [0.29, 0.717) is 11.5 Å². The maximum absolute atomic E-state index is 11.6. The third-order valence-electron chi connectivity index (χ3n) is 3.46. The maximum Gasteiger partial charge on any atom is 2.00 e. The molecule has 0 aliphatic carbocycles. The molecule has 0 saturated heterocycles. The fourth-order valence-electron chi connectivity index (χ4n) is 1.92. The van der Waals surface area contributed by atoms with Gasteiger partial charge in [-0.15, -0.1) is 0 Å². The van der Waals surface area contributed by atoms with Crippen LogP contribution >= 0.6 is 0 Å². The van der Waals surface area contributed by atoms with Crippen LogP contribution in [0.1, 0.15) is 31.4 Å². The smallest absolute Gasteiger partial charge is 0.341 e. The molecular weight excluding hydrogens is 478 g/mol. The first kappa shape index (κ1) is 22.9. The number of ketones is 1. The zero-order valence-corrected chi connectivity index (χ0v) is 17.7. The van der Waals surface area contributed by atoms with E-state index in [0.717, 1.165) is 11.1 Å². The number of nitrogens with zero attached hydrogens (tertiary/aromatic N) is 1. The molecule has 0 aliphatic heterocycles. The molecule has 0 heterocycles. The standard InChI is InChI=1S/C17H12NO.C5H11.W/c1-13(19)16(12-18)17(14-8-4-2-5-9-14)15-10-6-3-7-11-15;1-4-5(2)3;/h2-11H,1H2;5H,2,4H2,1,3H3;/q2*-1;+2. The molecule has 2 aromatic rings. The molecule has 0 radical (unpaired) electrons. The minimum atomic E-state index is -0.467. The Morgan fingerprint density at radius 2 is 1.40 bits per heavy atom. The summed E-state index contributed by atoms with van der Waals surface area (Å²) in [6.07, 6.45) is 1.19. The van der Waals surface area contributed by atoms with Gasteiger partial charge in [-0.1, -0.05) is 86.5 Å². The number of hydrogen-bond donors (Lipinski definition) is 0. The van der Waals surface area contributed by atoms with Gasteiger partial charge >= 0.3 is 21.1 Å². The molecule has 0 N–H and O–H groups in total. The van der Waals surface area contributed by atoms with Crippen LogP contribution in [0.3, 0.4) is 0 Å². The number of hydrogen-bond acceptors (Lipinski definition) is 2. The molecule has 0 amide bonds. The van der Waals surface area contributed by atoms with Crippen molar-refractivity contribution in [3.05, 3.63) is 91.2 Å². The Bertz CT molecular complexity index is 671. The van der Waals surface area contributed by atoms with Crippen LogP contribution in [0.2, 0.25) is 0 Å². The van der Waals surface area contributed by atoms with Crippen LogP contribution in [-0.4, -0.2) is 5.78 Å². The minimum Gasteiger partial charge on any atom is -0.341 e. The van der Waals surface area contributed by atoms with Gasteiger partial charge < -0.3 is 11.7 Å². The van der Waals surface area contributed by atoms with Gasteiger partial charge in [0.25, 0.3) is 0 Å². The van der Waals surface area contributed by atoms with Gasteiger partial charge in [0.2, 0.25) is 0 Å². The third kappa shape index (κ3) is 7.55. The van der Waals surface area contributed by atoms with E-state index in [2.05, 4.69) is 27.7 Å². The summed E-state index contributed by atoms with van der Waals surface area (Å²) >= 11 is 0. The molecule has 0 bridgehead atoms. The van der Waals surface area contributed by atoms with E-state index in [1.165, 1.54) is 6.42 Å². The zero-order valence-electron chi connectivity index (χ0n) is 14.7. The monoisotopic (exact) mass is 501 g/mol. The Kier molecular flexibility index (Phi) is 11.3. The van der Waals surface area contributed by atoms with Crippen molar-refractivity contribution in [1.29, 1.82) is 5.26 Å². The van der Waals surface area contributed by atoms with Gasteiger partial charge in [-0.3, -0.25) is 0 Å². The van der Waals surface area contributed by atoms with E-state index >= 15 is 0 Å². The summed E-state index contributed by atoms with van der Waals surface area (Å²) in [5, 5.41) is 9.22. The van der Waals surface area contributed by atoms with Crippen LogP contribution in [0.4, 0.5) is 0 Å². The second-order valence-electron chi connectivity index (χ2n) is 5.53. The summed E-state index contributed by atoms with van der Waals surface area (Å²) in [4.78, 5) is 11.6. The summed E-state index contributed by atoms with van der Waals surface area (Å²) in [6.45, 7) is 11.4. The number of carbonyl (C=O) groups is 1. The molecule has 1 atom stereocenters. The predicted octanol–water partition coefficient (Wildman–Crippen LogP) is 5.28. The molecular formula is C22H23NOW. The van der Waals surface area contributed by atoms with Crippen LogP contribution in [0.5, 0.6) is 0 Å². The van der Waals surface area contributed by atoms with Crippen LogP contribution in [0.25, 0.3) is 5.57 Å². The van der Waals surface area contributed by atoms with E-state index in [9.17, 15) is 10.1 Å². The number of rotatable bonds is 4. The van der Waals surface area contributed by atoms with Crippen molar-refractivity contribution in [3.63, 3.8) is 0 Å². The minimum absolute atomic E-state index is 0. The van der Waals surface area contributed by atoms with Crippen molar-refractivity contribution in [2.75, 3.05) is 0 Å². The Labute approximate surface area is 165 Å². The van der Waals surface area contributed by atoms with Crippen LogP contribution in [0.15, 0.2) is 66.2 Å². The molecule has 128 valence electrons. The molecule has 0 spiro atoms.